The van der Waals surface area contributed by atoms with Gasteiger partial charge in [-0.15, -0.1) is 0 Å². The van der Waals surface area contributed by atoms with Crippen molar-refractivity contribution in [3.05, 3.63) is 40.0 Å². The van der Waals surface area contributed by atoms with E-state index >= 15 is 0 Å². The topological polar surface area (TPSA) is 47.1 Å². The second-order valence-corrected chi connectivity index (χ2v) is 5.30. The molecule has 2 aromatic rings. The maximum atomic E-state index is 5.97. The molecule has 96 valence electrons. The van der Waals surface area contributed by atoms with Crippen LogP contribution in [0.25, 0.3) is 0 Å². The maximum absolute atomic E-state index is 5.97. The standard InChI is InChI=1S/C13H17BrN4/c1-9-12(14)13(15)18(16-9)8-10-4-6-11(7-5-10)17(2)3/h4-7H,8,15H2,1-3H3. The fraction of sp³-hybridized carbons (Fsp3) is 0.308. The van der Waals surface area contributed by atoms with Crippen molar-refractivity contribution < 1.29 is 0 Å². The Morgan fingerprint density at radius 2 is 1.89 bits per heavy atom. The lowest BCUT2D eigenvalue weighted by molar-refractivity contribution is 0.689. The highest BCUT2D eigenvalue weighted by molar-refractivity contribution is 9.10. The van der Waals surface area contributed by atoms with Crippen LogP contribution in [0.3, 0.4) is 0 Å². The Bertz CT molecular complexity index is 543. The summed E-state index contributed by atoms with van der Waals surface area (Å²) < 4.78 is 2.69. The molecule has 0 aliphatic rings. The van der Waals surface area contributed by atoms with Gasteiger partial charge in [0.05, 0.1) is 16.7 Å². The minimum Gasteiger partial charge on any atom is -0.383 e. The van der Waals surface area contributed by atoms with Crippen LogP contribution >= 0.6 is 15.9 Å². The summed E-state index contributed by atoms with van der Waals surface area (Å²) in [6, 6.07) is 8.38. The number of hydrogen-bond donors (Lipinski definition) is 1. The van der Waals surface area contributed by atoms with Gasteiger partial charge in [-0.1, -0.05) is 12.1 Å². The van der Waals surface area contributed by atoms with Crippen molar-refractivity contribution in [3.8, 4) is 0 Å². The molecule has 5 heteroatoms. The normalized spacial score (nSPS) is 10.7. The average Bonchev–Trinajstić information content (AvgIpc) is 2.58. The third kappa shape index (κ3) is 2.51. The van der Waals surface area contributed by atoms with E-state index in [-0.39, 0.29) is 0 Å². The monoisotopic (exact) mass is 308 g/mol. The minimum absolute atomic E-state index is 0.671. The largest absolute Gasteiger partial charge is 0.383 e. The Morgan fingerprint density at radius 1 is 1.28 bits per heavy atom. The summed E-state index contributed by atoms with van der Waals surface area (Å²) in [6.45, 7) is 2.62. The van der Waals surface area contributed by atoms with Gasteiger partial charge in [0, 0.05) is 19.8 Å². The molecule has 18 heavy (non-hydrogen) atoms. The quantitative estimate of drug-likeness (QED) is 0.948. The number of halogens is 1. The fourth-order valence-corrected chi connectivity index (χ4v) is 2.05. The van der Waals surface area contributed by atoms with Gasteiger partial charge in [0.15, 0.2) is 0 Å². The zero-order valence-corrected chi connectivity index (χ0v) is 12.4. The zero-order chi connectivity index (χ0) is 13.3. The SMILES string of the molecule is Cc1nn(Cc2ccc(N(C)C)cc2)c(N)c1Br. The van der Waals surface area contributed by atoms with E-state index in [0.717, 1.165) is 10.2 Å². The van der Waals surface area contributed by atoms with Gasteiger partial charge in [-0.05, 0) is 40.5 Å². The van der Waals surface area contributed by atoms with Gasteiger partial charge in [-0.3, -0.25) is 0 Å². The molecule has 1 aromatic heterocycles. The highest BCUT2D eigenvalue weighted by Gasteiger charge is 2.09. The van der Waals surface area contributed by atoms with Crippen molar-refractivity contribution in [2.75, 3.05) is 24.7 Å². The second kappa shape index (κ2) is 5.02. The molecule has 0 amide bonds. The first-order chi connectivity index (χ1) is 8.49. The summed E-state index contributed by atoms with van der Waals surface area (Å²) in [4.78, 5) is 2.08. The summed E-state index contributed by atoms with van der Waals surface area (Å²) >= 11 is 3.43. The van der Waals surface area contributed by atoms with Gasteiger partial charge < -0.3 is 10.6 Å². The van der Waals surface area contributed by atoms with E-state index in [1.165, 1.54) is 11.3 Å². The van der Waals surface area contributed by atoms with E-state index in [2.05, 4.69) is 50.2 Å². The molecule has 1 aromatic carbocycles. The van der Waals surface area contributed by atoms with Crippen LogP contribution < -0.4 is 10.6 Å². The molecule has 0 saturated carbocycles. The first kappa shape index (κ1) is 13.0. The van der Waals surface area contributed by atoms with Crippen LogP contribution in [0.4, 0.5) is 11.5 Å². The Kier molecular flexibility index (Phi) is 3.61. The molecule has 0 atom stereocenters. The lowest BCUT2D eigenvalue weighted by Crippen LogP contribution is -2.09. The number of nitrogens with two attached hydrogens (primary N) is 1. The highest BCUT2D eigenvalue weighted by Crippen LogP contribution is 2.23. The van der Waals surface area contributed by atoms with Gasteiger partial charge in [-0.2, -0.15) is 5.10 Å². The molecule has 0 unspecified atom stereocenters. The summed E-state index contributed by atoms with van der Waals surface area (Å²) in [7, 11) is 4.06. The van der Waals surface area contributed by atoms with E-state index in [1.807, 2.05) is 25.7 Å². The summed E-state index contributed by atoms with van der Waals surface area (Å²) in [6.07, 6.45) is 0. The Balaban J connectivity index is 2.21. The van der Waals surface area contributed by atoms with Crippen molar-refractivity contribution in [1.82, 2.24) is 9.78 Å². The van der Waals surface area contributed by atoms with Crippen molar-refractivity contribution in [2.45, 2.75) is 13.5 Å². The molecular weight excluding hydrogens is 292 g/mol. The van der Waals surface area contributed by atoms with Gasteiger partial charge in [0.1, 0.15) is 5.82 Å². The smallest absolute Gasteiger partial charge is 0.136 e. The van der Waals surface area contributed by atoms with Crippen molar-refractivity contribution in [1.29, 1.82) is 0 Å². The Hall–Kier alpha value is -1.49. The lowest BCUT2D eigenvalue weighted by Gasteiger charge is -2.12. The van der Waals surface area contributed by atoms with Crippen LogP contribution in [0, 0.1) is 6.92 Å². The number of nitrogen functional groups attached to an aromatic ring is 1. The summed E-state index contributed by atoms with van der Waals surface area (Å²) in [5.41, 5.74) is 9.26. The predicted octanol–water partition coefficient (Wildman–Crippen LogP) is 2.65. The number of aromatic nitrogens is 2. The third-order valence-electron chi connectivity index (χ3n) is 2.88. The summed E-state index contributed by atoms with van der Waals surface area (Å²) in [5, 5.41) is 4.40. The van der Waals surface area contributed by atoms with Crippen LogP contribution in [-0.2, 0) is 6.54 Å². The van der Waals surface area contributed by atoms with Crippen molar-refractivity contribution >= 4 is 27.4 Å². The van der Waals surface area contributed by atoms with Crippen LogP contribution in [0.15, 0.2) is 28.7 Å². The molecule has 4 nitrogen and oxygen atoms in total. The van der Waals surface area contributed by atoms with Gasteiger partial charge in [-0.25, -0.2) is 4.68 Å². The number of anilines is 2. The van der Waals surface area contributed by atoms with Gasteiger partial charge >= 0.3 is 0 Å². The van der Waals surface area contributed by atoms with Crippen LogP contribution in [0.5, 0.6) is 0 Å². The molecule has 2 rings (SSSR count). The predicted molar refractivity (Wildman–Crippen MR) is 78.9 cm³/mol. The van der Waals surface area contributed by atoms with E-state index in [1.54, 1.807) is 0 Å². The molecule has 0 saturated heterocycles. The third-order valence-corrected chi connectivity index (χ3v) is 3.86. The molecule has 0 fully saturated rings. The molecule has 0 aliphatic carbocycles. The molecule has 1 heterocycles. The van der Waals surface area contributed by atoms with E-state index < -0.39 is 0 Å². The molecule has 2 N–H and O–H groups in total. The van der Waals surface area contributed by atoms with E-state index in [0.29, 0.717) is 12.4 Å². The number of aryl methyl sites for hydroxylation is 1. The van der Waals surface area contributed by atoms with Crippen molar-refractivity contribution in [3.63, 3.8) is 0 Å². The summed E-state index contributed by atoms with van der Waals surface area (Å²) in [5.74, 6) is 0.671. The maximum Gasteiger partial charge on any atom is 0.136 e. The Morgan fingerprint density at radius 3 is 2.33 bits per heavy atom. The Labute approximate surface area is 116 Å². The average molecular weight is 309 g/mol. The number of nitrogens with zero attached hydrogens (tertiary/aromatic N) is 3. The van der Waals surface area contributed by atoms with E-state index in [4.69, 9.17) is 5.73 Å². The molecular formula is C13H17BrN4. The first-order valence-electron chi connectivity index (χ1n) is 5.73. The molecule has 0 radical (unpaired) electrons. The van der Waals surface area contributed by atoms with Crippen LogP contribution in [-0.4, -0.2) is 23.9 Å². The van der Waals surface area contributed by atoms with Gasteiger partial charge in [0.2, 0.25) is 0 Å². The highest BCUT2D eigenvalue weighted by atomic mass is 79.9. The first-order valence-corrected chi connectivity index (χ1v) is 6.53. The fourth-order valence-electron chi connectivity index (χ4n) is 1.77. The second-order valence-electron chi connectivity index (χ2n) is 4.50. The molecule has 0 spiro atoms. The number of rotatable bonds is 3. The lowest BCUT2D eigenvalue weighted by atomic mass is 10.2. The van der Waals surface area contributed by atoms with Crippen molar-refractivity contribution in [2.24, 2.45) is 0 Å². The molecule has 0 aliphatic heterocycles. The number of benzene rings is 1. The minimum atomic E-state index is 0.671. The van der Waals surface area contributed by atoms with Crippen LogP contribution in [0.1, 0.15) is 11.3 Å². The van der Waals surface area contributed by atoms with Gasteiger partial charge in [0.25, 0.3) is 0 Å². The zero-order valence-electron chi connectivity index (χ0n) is 10.8. The molecule has 0 bridgehead atoms. The number of hydrogen-bond acceptors (Lipinski definition) is 3. The van der Waals surface area contributed by atoms with E-state index in [9.17, 15) is 0 Å². The van der Waals surface area contributed by atoms with Crippen LogP contribution in [0.2, 0.25) is 0 Å².